The normalized spacial score (nSPS) is 19.2. The fourth-order valence-corrected chi connectivity index (χ4v) is 3.45. The summed E-state index contributed by atoms with van der Waals surface area (Å²) >= 11 is 6.09. The van der Waals surface area contributed by atoms with E-state index < -0.39 is 0 Å². The van der Waals surface area contributed by atoms with Crippen molar-refractivity contribution in [1.29, 1.82) is 0 Å². The van der Waals surface area contributed by atoms with Gasteiger partial charge in [0.2, 0.25) is 5.91 Å². The molecule has 0 radical (unpaired) electrons. The molecule has 0 aromatic heterocycles. The number of nitrogens with zero attached hydrogens (tertiary/aromatic N) is 1. The molecular formula is C19H19ClFNO. The monoisotopic (exact) mass is 331 g/mol. The Morgan fingerprint density at radius 3 is 2.70 bits per heavy atom. The molecule has 1 aliphatic heterocycles. The van der Waals surface area contributed by atoms with Gasteiger partial charge in [-0.25, -0.2) is 4.39 Å². The molecule has 0 saturated carbocycles. The first kappa shape index (κ1) is 16.0. The number of amides is 1. The zero-order chi connectivity index (χ0) is 16.4. The molecule has 2 nitrogen and oxygen atoms in total. The van der Waals surface area contributed by atoms with Crippen LogP contribution in [0.1, 0.15) is 30.5 Å². The van der Waals surface area contributed by atoms with Crippen LogP contribution in [0, 0.1) is 11.7 Å². The Kier molecular flexibility index (Phi) is 4.67. The standard InChI is InChI=1S/C19H19ClFNO/c1-13(14-5-3-2-4-6-14)22-10-9-16(19(22)23)11-15-7-8-17(21)12-18(15)20/h2-8,12-13,16H,9-11H2,1H3/t13-,16+/m0/s1. The van der Waals surface area contributed by atoms with Crippen molar-refractivity contribution >= 4 is 17.5 Å². The molecule has 1 saturated heterocycles. The van der Waals surface area contributed by atoms with Gasteiger partial charge in [-0.2, -0.15) is 0 Å². The van der Waals surface area contributed by atoms with Crippen molar-refractivity contribution in [2.45, 2.75) is 25.8 Å². The Morgan fingerprint density at radius 1 is 1.26 bits per heavy atom. The third-order valence-electron chi connectivity index (χ3n) is 4.58. The van der Waals surface area contributed by atoms with Crippen LogP contribution in [0.3, 0.4) is 0 Å². The summed E-state index contributed by atoms with van der Waals surface area (Å²) in [4.78, 5) is 14.6. The van der Waals surface area contributed by atoms with Gasteiger partial charge in [0.15, 0.2) is 0 Å². The maximum absolute atomic E-state index is 13.1. The van der Waals surface area contributed by atoms with Gasteiger partial charge in [-0.3, -0.25) is 4.79 Å². The van der Waals surface area contributed by atoms with Crippen LogP contribution >= 0.6 is 11.6 Å². The zero-order valence-corrected chi connectivity index (χ0v) is 13.8. The summed E-state index contributed by atoms with van der Waals surface area (Å²) in [7, 11) is 0. The number of halogens is 2. The van der Waals surface area contributed by atoms with E-state index >= 15 is 0 Å². The maximum atomic E-state index is 13.1. The van der Waals surface area contributed by atoms with Gasteiger partial charge < -0.3 is 4.90 Å². The van der Waals surface area contributed by atoms with Crippen LogP contribution in [-0.4, -0.2) is 17.4 Å². The minimum Gasteiger partial charge on any atom is -0.336 e. The van der Waals surface area contributed by atoms with Crippen molar-refractivity contribution in [2.75, 3.05) is 6.54 Å². The van der Waals surface area contributed by atoms with E-state index in [1.807, 2.05) is 35.2 Å². The van der Waals surface area contributed by atoms with Gasteiger partial charge in [-0.15, -0.1) is 0 Å². The minimum absolute atomic E-state index is 0.0670. The van der Waals surface area contributed by atoms with Crippen LogP contribution in [0.5, 0.6) is 0 Å². The summed E-state index contributed by atoms with van der Waals surface area (Å²) in [6.45, 7) is 2.80. The third-order valence-corrected chi connectivity index (χ3v) is 4.93. The SMILES string of the molecule is C[C@@H](c1ccccc1)N1CC[C@H](Cc2ccc(F)cc2Cl)C1=O. The quantitative estimate of drug-likeness (QED) is 0.799. The molecule has 2 aromatic carbocycles. The molecule has 1 fully saturated rings. The largest absolute Gasteiger partial charge is 0.336 e. The Balaban J connectivity index is 1.71. The number of hydrogen-bond acceptors (Lipinski definition) is 1. The average molecular weight is 332 g/mol. The highest BCUT2D eigenvalue weighted by Gasteiger charge is 2.34. The smallest absolute Gasteiger partial charge is 0.226 e. The lowest BCUT2D eigenvalue weighted by atomic mass is 9.98. The van der Waals surface area contributed by atoms with Crippen molar-refractivity contribution in [3.05, 3.63) is 70.5 Å². The lowest BCUT2D eigenvalue weighted by molar-refractivity contribution is -0.132. The lowest BCUT2D eigenvalue weighted by Crippen LogP contribution is -2.30. The number of likely N-dealkylation sites (tertiary alicyclic amines) is 1. The number of rotatable bonds is 4. The van der Waals surface area contributed by atoms with Gasteiger partial charge in [0.1, 0.15) is 5.82 Å². The second kappa shape index (κ2) is 6.71. The second-order valence-corrected chi connectivity index (χ2v) is 6.45. The maximum Gasteiger partial charge on any atom is 0.226 e. The molecule has 1 aliphatic rings. The summed E-state index contributed by atoms with van der Waals surface area (Å²) in [6, 6.07) is 14.5. The number of benzene rings is 2. The Labute approximate surface area is 140 Å². The lowest BCUT2D eigenvalue weighted by Gasteiger charge is -2.25. The fourth-order valence-electron chi connectivity index (χ4n) is 3.20. The average Bonchev–Trinajstić information content (AvgIpc) is 2.91. The molecule has 2 aromatic rings. The van der Waals surface area contributed by atoms with Gasteiger partial charge in [0.05, 0.1) is 6.04 Å². The van der Waals surface area contributed by atoms with Crippen LogP contribution < -0.4 is 0 Å². The van der Waals surface area contributed by atoms with Crippen LogP contribution in [0.25, 0.3) is 0 Å². The van der Waals surface area contributed by atoms with Crippen LogP contribution in [0.2, 0.25) is 5.02 Å². The molecule has 23 heavy (non-hydrogen) atoms. The predicted molar refractivity (Wildman–Crippen MR) is 89.8 cm³/mol. The van der Waals surface area contributed by atoms with Gasteiger partial charge in [0, 0.05) is 17.5 Å². The molecule has 1 heterocycles. The van der Waals surface area contributed by atoms with E-state index in [-0.39, 0.29) is 23.7 Å². The number of carbonyl (C=O) groups excluding carboxylic acids is 1. The third kappa shape index (κ3) is 3.40. The van der Waals surface area contributed by atoms with Gasteiger partial charge in [-0.1, -0.05) is 48.0 Å². The highest BCUT2D eigenvalue weighted by atomic mass is 35.5. The number of hydrogen-bond donors (Lipinski definition) is 0. The molecule has 0 spiro atoms. The molecule has 3 rings (SSSR count). The molecule has 0 aliphatic carbocycles. The minimum atomic E-state index is -0.351. The van der Waals surface area contributed by atoms with Gasteiger partial charge in [-0.05, 0) is 43.0 Å². The molecule has 0 N–H and O–H groups in total. The molecule has 1 amide bonds. The van der Waals surface area contributed by atoms with E-state index in [2.05, 4.69) is 6.92 Å². The van der Waals surface area contributed by atoms with Crippen LogP contribution in [-0.2, 0) is 11.2 Å². The molecule has 4 heteroatoms. The van der Waals surface area contributed by atoms with E-state index in [0.29, 0.717) is 11.4 Å². The topological polar surface area (TPSA) is 20.3 Å². The summed E-state index contributed by atoms with van der Waals surface area (Å²) in [5.41, 5.74) is 1.97. The summed E-state index contributed by atoms with van der Waals surface area (Å²) in [5.74, 6) is -0.276. The summed E-state index contributed by atoms with van der Waals surface area (Å²) < 4.78 is 13.1. The Morgan fingerprint density at radius 2 is 2.00 bits per heavy atom. The van der Waals surface area contributed by atoms with Crippen molar-refractivity contribution < 1.29 is 9.18 Å². The summed E-state index contributed by atoms with van der Waals surface area (Å²) in [5, 5.41) is 0.396. The molecule has 2 atom stereocenters. The van der Waals surface area contributed by atoms with E-state index in [9.17, 15) is 9.18 Å². The van der Waals surface area contributed by atoms with Crippen molar-refractivity contribution in [2.24, 2.45) is 5.92 Å². The van der Waals surface area contributed by atoms with Crippen molar-refractivity contribution in [3.8, 4) is 0 Å². The molecule has 0 unspecified atom stereocenters. The van der Waals surface area contributed by atoms with Crippen LogP contribution in [0.15, 0.2) is 48.5 Å². The van der Waals surface area contributed by atoms with E-state index in [1.54, 1.807) is 6.07 Å². The zero-order valence-electron chi connectivity index (χ0n) is 13.0. The predicted octanol–water partition coefficient (Wildman–Crippen LogP) is 4.63. The van der Waals surface area contributed by atoms with Gasteiger partial charge >= 0.3 is 0 Å². The van der Waals surface area contributed by atoms with Gasteiger partial charge in [0.25, 0.3) is 0 Å². The first-order valence-corrected chi connectivity index (χ1v) is 8.23. The number of carbonyl (C=O) groups is 1. The second-order valence-electron chi connectivity index (χ2n) is 6.04. The first-order valence-electron chi connectivity index (χ1n) is 7.85. The first-order chi connectivity index (χ1) is 11.1. The Bertz CT molecular complexity index is 704. The molecule has 0 bridgehead atoms. The Hall–Kier alpha value is -1.87. The fraction of sp³-hybridized carbons (Fsp3) is 0.316. The van der Waals surface area contributed by atoms with E-state index in [4.69, 9.17) is 11.6 Å². The molecular weight excluding hydrogens is 313 g/mol. The highest BCUT2D eigenvalue weighted by Crippen LogP contribution is 2.31. The highest BCUT2D eigenvalue weighted by molar-refractivity contribution is 6.31. The van der Waals surface area contributed by atoms with E-state index in [0.717, 1.165) is 24.1 Å². The summed E-state index contributed by atoms with van der Waals surface area (Å²) in [6.07, 6.45) is 1.37. The van der Waals surface area contributed by atoms with Crippen LogP contribution in [0.4, 0.5) is 4.39 Å². The van der Waals surface area contributed by atoms with Crippen molar-refractivity contribution in [3.63, 3.8) is 0 Å². The van der Waals surface area contributed by atoms with E-state index in [1.165, 1.54) is 12.1 Å². The molecule has 120 valence electrons. The van der Waals surface area contributed by atoms with Crippen molar-refractivity contribution in [1.82, 2.24) is 4.90 Å².